The Morgan fingerprint density at radius 2 is 2.38 bits per heavy atom. The molecule has 0 aromatic rings. The van der Waals surface area contributed by atoms with Crippen molar-refractivity contribution in [3.8, 4) is 0 Å². The lowest BCUT2D eigenvalue weighted by molar-refractivity contribution is -0.152. The molecule has 0 bridgehead atoms. The molecule has 0 aliphatic carbocycles. The van der Waals surface area contributed by atoms with Crippen LogP contribution in [0.1, 0.15) is 19.3 Å². The molecule has 0 N–H and O–H groups in total. The molecular weight excluding hydrogens is 206 g/mol. The molecule has 2 saturated heterocycles. The van der Waals surface area contributed by atoms with Gasteiger partial charge in [0.05, 0.1) is 13.7 Å². The Labute approximate surface area is 96.2 Å². The zero-order valence-corrected chi connectivity index (χ0v) is 9.99. The molecule has 16 heavy (non-hydrogen) atoms. The number of hydrogen-bond acceptors (Lipinski definition) is 4. The second-order valence-electron chi connectivity index (χ2n) is 4.73. The smallest absolute Gasteiger partial charge is 0.326 e. The summed E-state index contributed by atoms with van der Waals surface area (Å²) in [5.41, 5.74) is 0.667. The first-order chi connectivity index (χ1) is 7.64. The van der Waals surface area contributed by atoms with Crippen molar-refractivity contribution in [2.45, 2.75) is 30.8 Å². The molecule has 4 nitrogen and oxygen atoms in total. The Balaban J connectivity index is 2.23. The fourth-order valence-corrected chi connectivity index (χ4v) is 3.08. The number of rotatable bonds is 3. The maximum Gasteiger partial charge on any atom is 0.326 e. The summed E-state index contributed by atoms with van der Waals surface area (Å²) >= 11 is 0. The Morgan fingerprint density at radius 1 is 1.62 bits per heavy atom. The zero-order valence-electron chi connectivity index (χ0n) is 9.99. The van der Waals surface area contributed by atoms with Crippen molar-refractivity contribution >= 4 is 5.97 Å². The monoisotopic (exact) mass is 225 g/mol. The van der Waals surface area contributed by atoms with Gasteiger partial charge in [0.2, 0.25) is 0 Å². The summed E-state index contributed by atoms with van der Waals surface area (Å²) in [5, 5.41) is 0. The van der Waals surface area contributed by atoms with Crippen LogP contribution in [-0.2, 0) is 14.3 Å². The highest BCUT2D eigenvalue weighted by Gasteiger charge is 2.56. The Morgan fingerprint density at radius 3 is 3.00 bits per heavy atom. The van der Waals surface area contributed by atoms with Crippen LogP contribution in [-0.4, -0.2) is 49.8 Å². The summed E-state index contributed by atoms with van der Waals surface area (Å²) in [6, 6.07) is 0.323. The predicted molar refractivity (Wildman–Crippen MR) is 60.1 cm³/mol. The summed E-state index contributed by atoms with van der Waals surface area (Å²) in [7, 11) is 3.16. The molecule has 0 aromatic heterocycles. The topological polar surface area (TPSA) is 38.8 Å². The minimum absolute atomic E-state index is 0.121. The molecule has 4 heteroatoms. The zero-order chi connectivity index (χ0) is 11.8. The first kappa shape index (κ1) is 11.6. The van der Waals surface area contributed by atoms with Gasteiger partial charge < -0.3 is 9.47 Å². The fourth-order valence-electron chi connectivity index (χ4n) is 3.08. The number of nitrogens with zero attached hydrogens (tertiary/aromatic N) is 1. The largest absolute Gasteiger partial charge is 0.468 e. The van der Waals surface area contributed by atoms with Gasteiger partial charge in [0.25, 0.3) is 0 Å². The van der Waals surface area contributed by atoms with Crippen molar-refractivity contribution in [3.05, 3.63) is 12.2 Å². The molecule has 1 unspecified atom stereocenters. The minimum Gasteiger partial charge on any atom is -0.468 e. The van der Waals surface area contributed by atoms with E-state index in [-0.39, 0.29) is 5.97 Å². The number of fused-ring (bicyclic) bond motifs is 1. The van der Waals surface area contributed by atoms with Crippen molar-refractivity contribution < 1.29 is 14.3 Å². The lowest BCUT2D eigenvalue weighted by Gasteiger charge is -2.31. The summed E-state index contributed by atoms with van der Waals surface area (Å²) in [6.07, 6.45) is 2.59. The highest BCUT2D eigenvalue weighted by molar-refractivity contribution is 5.82. The highest BCUT2D eigenvalue weighted by Crippen LogP contribution is 2.44. The first-order valence-electron chi connectivity index (χ1n) is 5.65. The number of hydrogen-bond donors (Lipinski definition) is 0. The Bertz CT molecular complexity index is 315. The van der Waals surface area contributed by atoms with Gasteiger partial charge in [0.1, 0.15) is 5.54 Å². The number of carbonyl (C=O) groups excluding carboxylic acids is 1. The summed E-state index contributed by atoms with van der Waals surface area (Å²) in [5.74, 6) is -0.121. The second kappa shape index (κ2) is 4.18. The van der Waals surface area contributed by atoms with E-state index in [0.717, 1.165) is 31.4 Å². The molecule has 0 spiro atoms. The SMILES string of the molecule is C=C1CN2C(COC)CC[C@@]2(C(=O)OC)C1. The van der Waals surface area contributed by atoms with Gasteiger partial charge in [-0.3, -0.25) is 9.69 Å². The maximum absolute atomic E-state index is 12.0. The van der Waals surface area contributed by atoms with Gasteiger partial charge in [-0.15, -0.1) is 0 Å². The van der Waals surface area contributed by atoms with E-state index in [0.29, 0.717) is 12.6 Å². The summed E-state index contributed by atoms with van der Waals surface area (Å²) in [6.45, 7) is 5.47. The number of esters is 1. The Kier molecular flexibility index (Phi) is 3.04. The van der Waals surface area contributed by atoms with E-state index in [1.54, 1.807) is 7.11 Å². The molecule has 2 aliphatic rings. The van der Waals surface area contributed by atoms with Crippen LogP contribution >= 0.6 is 0 Å². The van der Waals surface area contributed by atoms with Crippen molar-refractivity contribution in [2.24, 2.45) is 0 Å². The fraction of sp³-hybridized carbons (Fsp3) is 0.750. The standard InChI is InChI=1S/C12H19NO3/c1-9-6-12(11(14)16-3)5-4-10(8-15-2)13(12)7-9/h10H,1,4-8H2,2-3H3/t10?,12-/m0/s1. The molecule has 0 aromatic carbocycles. The average molecular weight is 225 g/mol. The molecule has 0 saturated carbocycles. The molecule has 0 radical (unpaired) electrons. The van der Waals surface area contributed by atoms with Gasteiger partial charge in [0, 0.05) is 19.7 Å². The van der Waals surface area contributed by atoms with Crippen LogP contribution in [0.25, 0.3) is 0 Å². The van der Waals surface area contributed by atoms with E-state index in [1.807, 2.05) is 0 Å². The van der Waals surface area contributed by atoms with Crippen LogP contribution in [0.5, 0.6) is 0 Å². The third-order valence-electron chi connectivity index (χ3n) is 3.74. The van der Waals surface area contributed by atoms with Crippen LogP contribution in [0.15, 0.2) is 12.2 Å². The minimum atomic E-state index is -0.449. The summed E-state index contributed by atoms with van der Waals surface area (Å²) in [4.78, 5) is 14.2. The van der Waals surface area contributed by atoms with Crippen molar-refractivity contribution in [2.75, 3.05) is 27.4 Å². The summed E-state index contributed by atoms with van der Waals surface area (Å²) < 4.78 is 10.2. The van der Waals surface area contributed by atoms with Gasteiger partial charge >= 0.3 is 5.97 Å². The van der Waals surface area contributed by atoms with Crippen LogP contribution in [0.4, 0.5) is 0 Å². The average Bonchev–Trinajstić information content (AvgIpc) is 2.75. The molecule has 90 valence electrons. The highest BCUT2D eigenvalue weighted by atomic mass is 16.5. The number of ether oxygens (including phenoxy) is 2. The molecule has 2 fully saturated rings. The number of methoxy groups -OCH3 is 2. The van der Waals surface area contributed by atoms with E-state index in [2.05, 4.69) is 11.5 Å². The van der Waals surface area contributed by atoms with E-state index >= 15 is 0 Å². The predicted octanol–water partition coefficient (Wildman–Crippen LogP) is 0.969. The molecule has 2 aliphatic heterocycles. The van der Waals surface area contributed by atoms with Gasteiger partial charge in [-0.2, -0.15) is 0 Å². The Hall–Kier alpha value is -0.870. The van der Waals surface area contributed by atoms with Crippen molar-refractivity contribution in [1.29, 1.82) is 0 Å². The van der Waals surface area contributed by atoms with Gasteiger partial charge in [0.15, 0.2) is 0 Å². The lowest BCUT2D eigenvalue weighted by atomic mass is 9.93. The molecule has 2 heterocycles. The van der Waals surface area contributed by atoms with Crippen LogP contribution in [0, 0.1) is 0 Å². The van der Waals surface area contributed by atoms with Gasteiger partial charge in [-0.05, 0) is 19.3 Å². The second-order valence-corrected chi connectivity index (χ2v) is 4.73. The van der Waals surface area contributed by atoms with Crippen molar-refractivity contribution in [3.63, 3.8) is 0 Å². The van der Waals surface area contributed by atoms with Crippen molar-refractivity contribution in [1.82, 2.24) is 4.90 Å². The van der Waals surface area contributed by atoms with Gasteiger partial charge in [-0.25, -0.2) is 0 Å². The molecule has 0 amide bonds. The van der Waals surface area contributed by atoms with Crippen LogP contribution in [0.3, 0.4) is 0 Å². The molecule has 2 rings (SSSR count). The molecule has 2 atom stereocenters. The number of carbonyl (C=O) groups is 1. The first-order valence-corrected chi connectivity index (χ1v) is 5.65. The normalized spacial score (nSPS) is 34.1. The third-order valence-corrected chi connectivity index (χ3v) is 3.74. The van der Waals surface area contributed by atoms with E-state index in [1.165, 1.54) is 7.11 Å². The molecular formula is C12H19NO3. The van der Waals surface area contributed by atoms with E-state index in [4.69, 9.17) is 9.47 Å². The van der Waals surface area contributed by atoms with E-state index in [9.17, 15) is 4.79 Å². The van der Waals surface area contributed by atoms with E-state index < -0.39 is 5.54 Å². The lowest BCUT2D eigenvalue weighted by Crippen LogP contribution is -2.50. The third kappa shape index (κ3) is 1.57. The van der Waals surface area contributed by atoms with Crippen LogP contribution in [0.2, 0.25) is 0 Å². The maximum atomic E-state index is 12.0. The quantitative estimate of drug-likeness (QED) is 0.530. The van der Waals surface area contributed by atoms with Crippen LogP contribution < -0.4 is 0 Å². The van der Waals surface area contributed by atoms with Gasteiger partial charge in [-0.1, -0.05) is 12.2 Å².